The Morgan fingerprint density at radius 2 is 2.00 bits per heavy atom. The Bertz CT molecular complexity index is 315. The summed E-state index contributed by atoms with van der Waals surface area (Å²) in [5.41, 5.74) is 0. The maximum Gasteiger partial charge on any atom is 0.224 e. The Morgan fingerprint density at radius 3 is 2.59 bits per heavy atom. The van der Waals surface area contributed by atoms with Gasteiger partial charge in [-0.2, -0.15) is 0 Å². The van der Waals surface area contributed by atoms with Gasteiger partial charge in [-0.15, -0.1) is 0 Å². The molecular weight excluding hydrogens is 216 g/mol. The number of hydrogen-bond acceptors (Lipinski definition) is 2. The Labute approximate surface area is 103 Å². The third-order valence-electron chi connectivity index (χ3n) is 3.61. The zero-order valence-electron chi connectivity index (χ0n) is 10.8. The monoisotopic (exact) mass is 238 g/mol. The normalized spacial score (nSPS) is 25.5. The largest absolute Gasteiger partial charge is 0.325 e. The zero-order valence-corrected chi connectivity index (χ0v) is 10.8. The minimum Gasteiger partial charge on any atom is -0.325 e. The SMILES string of the molecule is CC(C)C[C@H]1CC(=O)N(CN2CCCC2=O)C1. The molecule has 0 aromatic carbocycles. The standard InChI is InChI=1S/C13H22N2O2/c1-10(2)6-11-7-13(17)15(8-11)9-14-5-3-4-12(14)16/h10-11H,3-9H2,1-2H3/t11-/m0/s1. The summed E-state index contributed by atoms with van der Waals surface area (Å²) in [6.45, 7) is 6.55. The van der Waals surface area contributed by atoms with E-state index in [1.807, 2.05) is 9.80 Å². The molecule has 0 bridgehead atoms. The van der Waals surface area contributed by atoms with Gasteiger partial charge in [0, 0.05) is 25.9 Å². The molecule has 2 saturated heterocycles. The average Bonchev–Trinajstić information content (AvgIpc) is 2.75. The van der Waals surface area contributed by atoms with E-state index in [2.05, 4.69) is 13.8 Å². The molecule has 96 valence electrons. The molecule has 0 aliphatic carbocycles. The first-order valence-electron chi connectivity index (χ1n) is 6.62. The topological polar surface area (TPSA) is 40.6 Å². The second-order valence-electron chi connectivity index (χ2n) is 5.72. The van der Waals surface area contributed by atoms with Crippen molar-refractivity contribution in [3.05, 3.63) is 0 Å². The molecule has 0 radical (unpaired) electrons. The van der Waals surface area contributed by atoms with Crippen molar-refractivity contribution in [3.63, 3.8) is 0 Å². The van der Waals surface area contributed by atoms with Crippen LogP contribution in [-0.2, 0) is 9.59 Å². The molecule has 0 aromatic rings. The molecule has 2 heterocycles. The van der Waals surface area contributed by atoms with Crippen LogP contribution in [0.2, 0.25) is 0 Å². The predicted molar refractivity (Wildman–Crippen MR) is 65.1 cm³/mol. The highest BCUT2D eigenvalue weighted by molar-refractivity contribution is 5.81. The summed E-state index contributed by atoms with van der Waals surface area (Å²) < 4.78 is 0. The highest BCUT2D eigenvalue weighted by atomic mass is 16.2. The maximum absolute atomic E-state index is 11.8. The fourth-order valence-electron chi connectivity index (χ4n) is 2.87. The molecule has 4 heteroatoms. The van der Waals surface area contributed by atoms with Crippen molar-refractivity contribution in [2.75, 3.05) is 19.8 Å². The second-order valence-corrected chi connectivity index (χ2v) is 5.72. The minimum absolute atomic E-state index is 0.199. The Morgan fingerprint density at radius 1 is 1.24 bits per heavy atom. The fraction of sp³-hybridized carbons (Fsp3) is 0.846. The molecule has 0 saturated carbocycles. The van der Waals surface area contributed by atoms with Gasteiger partial charge >= 0.3 is 0 Å². The van der Waals surface area contributed by atoms with Gasteiger partial charge in [0.25, 0.3) is 0 Å². The van der Waals surface area contributed by atoms with E-state index >= 15 is 0 Å². The predicted octanol–water partition coefficient (Wildman–Crippen LogP) is 1.46. The summed E-state index contributed by atoms with van der Waals surface area (Å²) in [5, 5.41) is 0. The van der Waals surface area contributed by atoms with Crippen molar-refractivity contribution in [1.29, 1.82) is 0 Å². The number of hydrogen-bond donors (Lipinski definition) is 0. The van der Waals surface area contributed by atoms with E-state index in [4.69, 9.17) is 0 Å². The van der Waals surface area contributed by atoms with E-state index in [0.717, 1.165) is 25.9 Å². The summed E-state index contributed by atoms with van der Waals surface area (Å²) in [6, 6.07) is 0. The van der Waals surface area contributed by atoms with Gasteiger partial charge < -0.3 is 9.80 Å². The van der Waals surface area contributed by atoms with Crippen LogP contribution in [-0.4, -0.2) is 41.4 Å². The van der Waals surface area contributed by atoms with Gasteiger partial charge in [-0.05, 0) is 24.7 Å². The molecule has 2 amide bonds. The summed E-state index contributed by atoms with van der Waals surface area (Å²) in [4.78, 5) is 27.0. The number of amides is 2. The molecule has 2 aliphatic rings. The summed E-state index contributed by atoms with van der Waals surface area (Å²) in [6.07, 6.45) is 3.37. The van der Waals surface area contributed by atoms with Gasteiger partial charge in [0.2, 0.25) is 11.8 Å². The van der Waals surface area contributed by atoms with Crippen LogP contribution in [0, 0.1) is 11.8 Å². The van der Waals surface area contributed by atoms with Crippen molar-refractivity contribution in [1.82, 2.24) is 9.80 Å². The lowest BCUT2D eigenvalue weighted by atomic mass is 9.96. The smallest absolute Gasteiger partial charge is 0.224 e. The minimum atomic E-state index is 0.199. The molecule has 17 heavy (non-hydrogen) atoms. The highest BCUT2D eigenvalue weighted by Crippen LogP contribution is 2.25. The van der Waals surface area contributed by atoms with Crippen LogP contribution < -0.4 is 0 Å². The molecule has 0 unspecified atom stereocenters. The second kappa shape index (κ2) is 5.07. The number of rotatable bonds is 4. The van der Waals surface area contributed by atoms with Gasteiger partial charge in [0.15, 0.2) is 0 Å². The van der Waals surface area contributed by atoms with Crippen LogP contribution >= 0.6 is 0 Å². The highest BCUT2D eigenvalue weighted by Gasteiger charge is 2.32. The fourth-order valence-corrected chi connectivity index (χ4v) is 2.87. The van der Waals surface area contributed by atoms with E-state index in [1.165, 1.54) is 0 Å². The lowest BCUT2D eigenvalue weighted by molar-refractivity contribution is -0.134. The molecule has 2 rings (SSSR count). The lowest BCUT2D eigenvalue weighted by Crippen LogP contribution is -2.39. The van der Waals surface area contributed by atoms with Crippen molar-refractivity contribution in [2.45, 2.75) is 39.5 Å². The van der Waals surface area contributed by atoms with Gasteiger partial charge in [-0.25, -0.2) is 0 Å². The third-order valence-corrected chi connectivity index (χ3v) is 3.61. The lowest BCUT2D eigenvalue weighted by Gasteiger charge is -2.24. The van der Waals surface area contributed by atoms with Crippen molar-refractivity contribution >= 4 is 11.8 Å². The zero-order chi connectivity index (χ0) is 12.4. The number of carbonyl (C=O) groups excluding carboxylic acids is 2. The van der Waals surface area contributed by atoms with E-state index in [1.54, 1.807) is 0 Å². The Balaban J connectivity index is 1.85. The molecular formula is C13H22N2O2. The molecule has 0 aromatic heterocycles. The van der Waals surface area contributed by atoms with Crippen LogP contribution in [0.3, 0.4) is 0 Å². The molecule has 2 fully saturated rings. The van der Waals surface area contributed by atoms with Crippen LogP contribution in [0.1, 0.15) is 39.5 Å². The van der Waals surface area contributed by atoms with Gasteiger partial charge in [0.1, 0.15) is 0 Å². The van der Waals surface area contributed by atoms with E-state index < -0.39 is 0 Å². The van der Waals surface area contributed by atoms with Crippen LogP contribution in [0.5, 0.6) is 0 Å². The van der Waals surface area contributed by atoms with Crippen molar-refractivity contribution < 1.29 is 9.59 Å². The van der Waals surface area contributed by atoms with E-state index in [-0.39, 0.29) is 11.8 Å². The maximum atomic E-state index is 11.8. The van der Waals surface area contributed by atoms with E-state index in [0.29, 0.717) is 31.3 Å². The first-order valence-corrected chi connectivity index (χ1v) is 6.62. The molecule has 4 nitrogen and oxygen atoms in total. The summed E-state index contributed by atoms with van der Waals surface area (Å²) in [7, 11) is 0. The number of carbonyl (C=O) groups is 2. The number of likely N-dealkylation sites (tertiary alicyclic amines) is 2. The summed E-state index contributed by atoms with van der Waals surface area (Å²) >= 11 is 0. The van der Waals surface area contributed by atoms with Gasteiger partial charge in [-0.3, -0.25) is 9.59 Å². The summed E-state index contributed by atoms with van der Waals surface area (Å²) in [5.74, 6) is 1.54. The van der Waals surface area contributed by atoms with Crippen molar-refractivity contribution in [3.8, 4) is 0 Å². The molecule has 0 N–H and O–H groups in total. The van der Waals surface area contributed by atoms with E-state index in [9.17, 15) is 9.59 Å². The molecule has 0 spiro atoms. The molecule has 2 aliphatic heterocycles. The third kappa shape index (κ3) is 2.99. The average molecular weight is 238 g/mol. The van der Waals surface area contributed by atoms with Gasteiger partial charge in [0.05, 0.1) is 6.67 Å². The quantitative estimate of drug-likeness (QED) is 0.744. The van der Waals surface area contributed by atoms with Crippen molar-refractivity contribution in [2.24, 2.45) is 11.8 Å². The first kappa shape index (κ1) is 12.4. The van der Waals surface area contributed by atoms with Crippen LogP contribution in [0.4, 0.5) is 0 Å². The van der Waals surface area contributed by atoms with Gasteiger partial charge in [-0.1, -0.05) is 13.8 Å². The first-order chi connectivity index (χ1) is 8.06. The molecule has 1 atom stereocenters. The Kier molecular flexibility index (Phi) is 3.69. The van der Waals surface area contributed by atoms with Crippen LogP contribution in [0.25, 0.3) is 0 Å². The number of nitrogens with zero attached hydrogens (tertiary/aromatic N) is 2. The Hall–Kier alpha value is -1.06. The van der Waals surface area contributed by atoms with Crippen LogP contribution in [0.15, 0.2) is 0 Å².